The van der Waals surface area contributed by atoms with Crippen molar-refractivity contribution in [1.29, 1.82) is 5.26 Å². The molecule has 5 nitrogen and oxygen atoms in total. The highest BCUT2D eigenvalue weighted by atomic mass is 16.2. The molecule has 0 atom stereocenters. The molecule has 1 N–H and O–H groups in total. The van der Waals surface area contributed by atoms with E-state index in [1.807, 2.05) is 12.1 Å². The van der Waals surface area contributed by atoms with Crippen molar-refractivity contribution in [2.24, 2.45) is 0 Å². The highest BCUT2D eigenvalue weighted by Crippen LogP contribution is 2.17. The van der Waals surface area contributed by atoms with E-state index in [4.69, 9.17) is 5.26 Å². The lowest BCUT2D eigenvalue weighted by molar-refractivity contribution is -0.131. The molecular weight excluding hydrogens is 266 g/mol. The molecule has 0 bridgehead atoms. The molecule has 0 radical (unpaired) electrons. The summed E-state index contributed by atoms with van der Waals surface area (Å²) in [5.41, 5.74) is 2.44. The Bertz CT molecular complexity index is 648. The van der Waals surface area contributed by atoms with Crippen LogP contribution in [-0.2, 0) is 16.0 Å². The molecule has 2 amide bonds. The van der Waals surface area contributed by atoms with Crippen LogP contribution in [0.15, 0.2) is 48.6 Å². The maximum absolute atomic E-state index is 12.0. The molecule has 106 valence electrons. The number of hydrogen-bond acceptors (Lipinski definition) is 3. The summed E-state index contributed by atoms with van der Waals surface area (Å²) in [6.45, 7) is 4.44. The largest absolute Gasteiger partial charge is 0.334 e. The maximum Gasteiger partial charge on any atom is 0.247 e. The van der Waals surface area contributed by atoms with E-state index in [9.17, 15) is 9.59 Å². The number of nitrogens with one attached hydrogen (secondary N) is 1. The zero-order valence-electron chi connectivity index (χ0n) is 11.5. The zero-order chi connectivity index (χ0) is 15.2. The Labute approximate surface area is 123 Å². The molecule has 0 spiro atoms. The minimum Gasteiger partial charge on any atom is -0.334 e. The first-order chi connectivity index (χ1) is 10.1. The molecule has 0 saturated carbocycles. The summed E-state index contributed by atoms with van der Waals surface area (Å²) in [6.07, 6.45) is 2.95. The van der Waals surface area contributed by atoms with Crippen molar-refractivity contribution >= 4 is 17.5 Å². The normalized spacial score (nSPS) is 12.9. The van der Waals surface area contributed by atoms with Gasteiger partial charge in [0.25, 0.3) is 0 Å². The quantitative estimate of drug-likeness (QED) is 0.673. The topological polar surface area (TPSA) is 73.2 Å². The Morgan fingerprint density at radius 1 is 1.43 bits per heavy atom. The van der Waals surface area contributed by atoms with Gasteiger partial charge in [-0.25, -0.2) is 0 Å². The van der Waals surface area contributed by atoms with E-state index in [0.717, 1.165) is 11.1 Å². The summed E-state index contributed by atoms with van der Waals surface area (Å²) in [5.74, 6) is -0.273. The lowest BCUT2D eigenvalue weighted by Gasteiger charge is -2.33. The fourth-order valence-electron chi connectivity index (χ4n) is 2.04. The van der Waals surface area contributed by atoms with Crippen LogP contribution in [0.5, 0.6) is 0 Å². The van der Waals surface area contributed by atoms with Gasteiger partial charge in [0.15, 0.2) is 0 Å². The van der Waals surface area contributed by atoms with E-state index in [2.05, 4.69) is 11.9 Å². The number of likely N-dealkylation sites (tertiary alicyclic amines) is 1. The number of rotatable bonds is 4. The van der Waals surface area contributed by atoms with Crippen molar-refractivity contribution in [2.45, 2.75) is 6.42 Å². The fourth-order valence-corrected chi connectivity index (χ4v) is 2.04. The molecule has 1 aliphatic heterocycles. The number of carbonyl (C=O) groups excluding carboxylic acids is 2. The summed E-state index contributed by atoms with van der Waals surface area (Å²) in [6, 6.07) is 9.12. The van der Waals surface area contributed by atoms with Gasteiger partial charge in [0, 0.05) is 24.9 Å². The van der Waals surface area contributed by atoms with Crippen molar-refractivity contribution in [3.05, 3.63) is 54.1 Å². The molecule has 1 aliphatic rings. The third kappa shape index (κ3) is 3.80. The number of hydrogen-bond donors (Lipinski definition) is 1. The zero-order valence-corrected chi connectivity index (χ0v) is 11.5. The van der Waals surface area contributed by atoms with E-state index in [1.54, 1.807) is 23.1 Å². The number of carbonyl (C=O) groups is 2. The second kappa shape index (κ2) is 6.53. The number of nitriles is 1. The Hall–Kier alpha value is -2.87. The van der Waals surface area contributed by atoms with Crippen molar-refractivity contribution in [3.63, 3.8) is 0 Å². The minimum absolute atomic E-state index is 0.0114. The molecule has 2 rings (SSSR count). The summed E-state index contributed by atoms with van der Waals surface area (Å²) in [5, 5.41) is 11.2. The Balaban J connectivity index is 1.94. The van der Waals surface area contributed by atoms with Crippen LogP contribution in [0.1, 0.15) is 5.56 Å². The van der Waals surface area contributed by atoms with Crippen LogP contribution >= 0.6 is 0 Å². The van der Waals surface area contributed by atoms with Gasteiger partial charge >= 0.3 is 0 Å². The monoisotopic (exact) mass is 281 g/mol. The Kier molecular flexibility index (Phi) is 4.52. The van der Waals surface area contributed by atoms with E-state index in [1.165, 1.54) is 12.2 Å². The van der Waals surface area contributed by atoms with Gasteiger partial charge in [-0.05, 0) is 29.3 Å². The van der Waals surface area contributed by atoms with Crippen molar-refractivity contribution in [3.8, 4) is 6.07 Å². The molecule has 0 unspecified atom stereocenters. The minimum atomic E-state index is -0.285. The summed E-state index contributed by atoms with van der Waals surface area (Å²) < 4.78 is 0. The second-order valence-corrected chi connectivity index (χ2v) is 4.75. The molecule has 1 aromatic rings. The molecule has 1 fully saturated rings. The summed E-state index contributed by atoms with van der Waals surface area (Å²) in [7, 11) is 0. The third-order valence-corrected chi connectivity index (χ3v) is 3.14. The molecule has 1 aromatic carbocycles. The highest BCUT2D eigenvalue weighted by molar-refractivity contribution is 5.98. The Morgan fingerprint density at radius 3 is 2.86 bits per heavy atom. The summed E-state index contributed by atoms with van der Waals surface area (Å²) >= 11 is 0. The van der Waals surface area contributed by atoms with Crippen LogP contribution in [0.2, 0.25) is 0 Å². The number of amides is 2. The standard InChI is InChI=1S/C16H15N3O2/c1-2-15(20)18-14-5-3-4-12(8-14)9-16(21)19-10-13(11-19)6-7-17/h2-6,8H,1,9-11H2,(H,18,20). The molecule has 21 heavy (non-hydrogen) atoms. The molecule has 0 aromatic heterocycles. The molecule has 1 heterocycles. The highest BCUT2D eigenvalue weighted by Gasteiger charge is 2.24. The van der Waals surface area contributed by atoms with Crippen molar-refractivity contribution < 1.29 is 9.59 Å². The van der Waals surface area contributed by atoms with Crippen molar-refractivity contribution in [2.75, 3.05) is 18.4 Å². The number of benzene rings is 1. The van der Waals surface area contributed by atoms with Gasteiger partial charge in [0.2, 0.25) is 11.8 Å². The van der Waals surface area contributed by atoms with Gasteiger partial charge in [-0.3, -0.25) is 9.59 Å². The van der Waals surface area contributed by atoms with Gasteiger partial charge in [0.05, 0.1) is 12.5 Å². The van der Waals surface area contributed by atoms with Crippen LogP contribution in [0.4, 0.5) is 5.69 Å². The van der Waals surface area contributed by atoms with Gasteiger partial charge in [-0.1, -0.05) is 18.7 Å². The lowest BCUT2D eigenvalue weighted by atomic mass is 10.0. The van der Waals surface area contributed by atoms with Crippen molar-refractivity contribution in [1.82, 2.24) is 4.90 Å². The first kappa shape index (κ1) is 14.5. The summed E-state index contributed by atoms with van der Waals surface area (Å²) in [4.78, 5) is 25.0. The molecular formula is C16H15N3O2. The smallest absolute Gasteiger partial charge is 0.247 e. The first-order valence-electron chi connectivity index (χ1n) is 6.50. The number of anilines is 1. The molecule has 0 aliphatic carbocycles. The first-order valence-corrected chi connectivity index (χ1v) is 6.50. The lowest BCUT2D eigenvalue weighted by Crippen LogP contribution is -2.45. The van der Waals surface area contributed by atoms with Gasteiger partial charge in [-0.2, -0.15) is 5.26 Å². The number of allylic oxidation sites excluding steroid dienone is 1. The van der Waals surface area contributed by atoms with Crippen LogP contribution in [0.25, 0.3) is 0 Å². The predicted molar refractivity (Wildman–Crippen MR) is 79.2 cm³/mol. The average Bonchev–Trinajstić information content (AvgIpc) is 2.42. The third-order valence-electron chi connectivity index (χ3n) is 3.14. The van der Waals surface area contributed by atoms with E-state index < -0.39 is 0 Å². The van der Waals surface area contributed by atoms with E-state index in [-0.39, 0.29) is 18.2 Å². The SMILES string of the molecule is C=CC(=O)Nc1cccc(CC(=O)N2CC(=CC#N)C2)c1. The van der Waals surface area contributed by atoms with Crippen LogP contribution in [-0.4, -0.2) is 29.8 Å². The Morgan fingerprint density at radius 2 is 2.19 bits per heavy atom. The van der Waals surface area contributed by atoms with Crippen LogP contribution in [0.3, 0.4) is 0 Å². The fraction of sp³-hybridized carbons (Fsp3) is 0.188. The number of nitrogens with zero attached hydrogens (tertiary/aromatic N) is 2. The average molecular weight is 281 g/mol. The molecule has 1 saturated heterocycles. The predicted octanol–water partition coefficient (Wildman–Crippen LogP) is 1.65. The van der Waals surface area contributed by atoms with Crippen LogP contribution in [0, 0.1) is 11.3 Å². The van der Waals surface area contributed by atoms with E-state index in [0.29, 0.717) is 18.8 Å². The second-order valence-electron chi connectivity index (χ2n) is 4.75. The molecule has 5 heteroatoms. The van der Waals surface area contributed by atoms with Gasteiger partial charge < -0.3 is 10.2 Å². The van der Waals surface area contributed by atoms with Gasteiger partial charge in [0.1, 0.15) is 0 Å². The maximum atomic E-state index is 12.0. The van der Waals surface area contributed by atoms with Crippen LogP contribution < -0.4 is 5.32 Å². The van der Waals surface area contributed by atoms with E-state index >= 15 is 0 Å². The van der Waals surface area contributed by atoms with Gasteiger partial charge in [-0.15, -0.1) is 0 Å².